The molecule has 0 radical (unpaired) electrons. The highest BCUT2D eigenvalue weighted by Crippen LogP contribution is 2.34. The molecule has 0 amide bonds. The molecule has 1 aromatic heterocycles. The number of rotatable bonds is 3. The van der Waals surface area contributed by atoms with Gasteiger partial charge in [0.1, 0.15) is 5.75 Å². The summed E-state index contributed by atoms with van der Waals surface area (Å²) in [5.41, 5.74) is 8.61. The molecule has 1 aromatic carbocycles. The monoisotopic (exact) mass is 304 g/mol. The average Bonchev–Trinajstić information content (AvgIpc) is 2.41. The molecular weight excluding hydrogens is 284 g/mol. The summed E-state index contributed by atoms with van der Waals surface area (Å²) >= 11 is 6.03. The number of aryl methyl sites for hydroxylation is 1. The molecule has 2 rings (SSSR count). The third kappa shape index (κ3) is 3.74. The van der Waals surface area contributed by atoms with Gasteiger partial charge in [0.05, 0.1) is 10.7 Å². The Labute approximate surface area is 131 Å². The molecular formula is C17H21ClN2O. The Morgan fingerprint density at radius 3 is 2.52 bits per heavy atom. The van der Waals surface area contributed by atoms with Gasteiger partial charge in [0.2, 0.25) is 5.88 Å². The number of benzene rings is 1. The van der Waals surface area contributed by atoms with Crippen LogP contribution >= 0.6 is 11.6 Å². The van der Waals surface area contributed by atoms with Crippen LogP contribution in [0, 0.1) is 6.92 Å². The minimum atomic E-state index is -0.00945. The second-order valence-electron chi connectivity index (χ2n) is 6.13. The van der Waals surface area contributed by atoms with Gasteiger partial charge in [0, 0.05) is 18.2 Å². The molecule has 0 aliphatic rings. The molecule has 0 spiro atoms. The van der Waals surface area contributed by atoms with Crippen molar-refractivity contribution in [1.29, 1.82) is 0 Å². The van der Waals surface area contributed by atoms with Crippen molar-refractivity contribution in [3.05, 3.63) is 52.2 Å². The minimum absolute atomic E-state index is 0.00945. The second-order valence-corrected chi connectivity index (χ2v) is 6.54. The van der Waals surface area contributed by atoms with Crippen LogP contribution in [-0.2, 0) is 12.0 Å². The molecule has 4 heteroatoms. The Hall–Kier alpha value is -1.58. The van der Waals surface area contributed by atoms with Gasteiger partial charge in [-0.05, 0) is 24.5 Å². The molecule has 2 aromatic rings. The maximum atomic E-state index is 6.03. The summed E-state index contributed by atoms with van der Waals surface area (Å²) in [7, 11) is 0. The summed E-state index contributed by atoms with van der Waals surface area (Å²) in [5.74, 6) is 1.32. The summed E-state index contributed by atoms with van der Waals surface area (Å²) in [6, 6.07) is 9.68. The summed E-state index contributed by atoms with van der Waals surface area (Å²) in [4.78, 5) is 4.35. The van der Waals surface area contributed by atoms with Crippen LogP contribution < -0.4 is 10.5 Å². The van der Waals surface area contributed by atoms with E-state index in [0.29, 0.717) is 16.6 Å². The van der Waals surface area contributed by atoms with Crippen molar-refractivity contribution >= 4 is 11.6 Å². The SMILES string of the molecule is Cc1ccc(Oc2ccc(Cl)c(CN)n2)c(C(C)(C)C)c1. The molecule has 112 valence electrons. The summed E-state index contributed by atoms with van der Waals surface area (Å²) < 4.78 is 5.96. The van der Waals surface area contributed by atoms with Gasteiger partial charge in [-0.3, -0.25) is 0 Å². The van der Waals surface area contributed by atoms with E-state index in [9.17, 15) is 0 Å². The molecule has 0 atom stereocenters. The van der Waals surface area contributed by atoms with Crippen molar-refractivity contribution in [2.45, 2.75) is 39.7 Å². The van der Waals surface area contributed by atoms with E-state index in [1.807, 2.05) is 12.1 Å². The van der Waals surface area contributed by atoms with E-state index < -0.39 is 0 Å². The third-order valence-electron chi connectivity index (χ3n) is 3.24. The van der Waals surface area contributed by atoms with Crippen molar-refractivity contribution in [3.63, 3.8) is 0 Å². The van der Waals surface area contributed by atoms with Gasteiger partial charge in [0.25, 0.3) is 0 Å². The summed E-state index contributed by atoms with van der Waals surface area (Å²) in [6.45, 7) is 8.85. The van der Waals surface area contributed by atoms with E-state index in [1.54, 1.807) is 12.1 Å². The lowest BCUT2D eigenvalue weighted by molar-refractivity contribution is 0.438. The largest absolute Gasteiger partial charge is 0.439 e. The molecule has 0 unspecified atom stereocenters. The maximum absolute atomic E-state index is 6.03. The van der Waals surface area contributed by atoms with Crippen LogP contribution in [0.15, 0.2) is 30.3 Å². The number of nitrogens with zero attached hydrogens (tertiary/aromatic N) is 1. The van der Waals surface area contributed by atoms with Gasteiger partial charge in [-0.1, -0.05) is 50.1 Å². The molecule has 0 saturated heterocycles. The fourth-order valence-electron chi connectivity index (χ4n) is 2.10. The lowest BCUT2D eigenvalue weighted by atomic mass is 9.85. The smallest absolute Gasteiger partial charge is 0.219 e. The number of halogens is 1. The van der Waals surface area contributed by atoms with E-state index in [2.05, 4.69) is 38.7 Å². The van der Waals surface area contributed by atoms with Gasteiger partial charge in [-0.25, -0.2) is 4.98 Å². The Bertz CT molecular complexity index is 648. The topological polar surface area (TPSA) is 48.1 Å². The molecule has 1 heterocycles. The summed E-state index contributed by atoms with van der Waals surface area (Å²) in [6.07, 6.45) is 0. The van der Waals surface area contributed by atoms with Crippen LogP contribution in [0.4, 0.5) is 0 Å². The molecule has 2 N–H and O–H groups in total. The lowest BCUT2D eigenvalue weighted by Gasteiger charge is -2.23. The fourth-order valence-corrected chi connectivity index (χ4v) is 2.28. The first-order chi connectivity index (χ1) is 9.81. The minimum Gasteiger partial charge on any atom is -0.439 e. The number of aromatic nitrogens is 1. The molecule has 0 aliphatic heterocycles. The molecule has 21 heavy (non-hydrogen) atoms. The first-order valence-corrected chi connectivity index (χ1v) is 7.33. The molecule has 0 aliphatic carbocycles. The standard InChI is InChI=1S/C17H21ClN2O/c1-11-5-7-15(12(9-11)17(2,3)4)21-16-8-6-13(18)14(10-19)20-16/h5-9H,10,19H2,1-4H3. The number of hydrogen-bond acceptors (Lipinski definition) is 3. The Balaban J connectivity index is 2.40. The third-order valence-corrected chi connectivity index (χ3v) is 3.59. The van der Waals surface area contributed by atoms with Crippen LogP contribution in [0.1, 0.15) is 37.6 Å². The molecule has 0 fully saturated rings. The van der Waals surface area contributed by atoms with Crippen LogP contribution in [0.3, 0.4) is 0 Å². The predicted octanol–water partition coefficient (Wildman–Crippen LogP) is 4.59. The highest BCUT2D eigenvalue weighted by atomic mass is 35.5. The molecule has 3 nitrogen and oxygen atoms in total. The fraction of sp³-hybridized carbons (Fsp3) is 0.353. The van der Waals surface area contributed by atoms with Crippen molar-refractivity contribution in [1.82, 2.24) is 4.98 Å². The number of ether oxygens (including phenoxy) is 1. The zero-order valence-corrected chi connectivity index (χ0v) is 13.7. The Morgan fingerprint density at radius 2 is 1.90 bits per heavy atom. The van der Waals surface area contributed by atoms with E-state index in [1.165, 1.54) is 5.56 Å². The zero-order chi connectivity index (χ0) is 15.6. The van der Waals surface area contributed by atoms with Gasteiger partial charge >= 0.3 is 0 Å². The van der Waals surface area contributed by atoms with E-state index in [-0.39, 0.29) is 12.0 Å². The zero-order valence-electron chi connectivity index (χ0n) is 12.9. The van der Waals surface area contributed by atoms with E-state index in [0.717, 1.165) is 11.3 Å². The number of pyridine rings is 1. The van der Waals surface area contributed by atoms with Crippen molar-refractivity contribution in [3.8, 4) is 11.6 Å². The van der Waals surface area contributed by atoms with Crippen LogP contribution in [-0.4, -0.2) is 4.98 Å². The predicted molar refractivity (Wildman–Crippen MR) is 87.1 cm³/mol. The van der Waals surface area contributed by atoms with E-state index in [4.69, 9.17) is 22.1 Å². The quantitative estimate of drug-likeness (QED) is 0.902. The van der Waals surface area contributed by atoms with Crippen LogP contribution in [0.2, 0.25) is 5.02 Å². The maximum Gasteiger partial charge on any atom is 0.219 e. The van der Waals surface area contributed by atoms with Gasteiger partial charge in [0.15, 0.2) is 0 Å². The van der Waals surface area contributed by atoms with Crippen LogP contribution in [0.25, 0.3) is 0 Å². The molecule has 0 bridgehead atoms. The Morgan fingerprint density at radius 1 is 1.19 bits per heavy atom. The first kappa shape index (κ1) is 15.8. The number of nitrogens with two attached hydrogens (primary N) is 1. The first-order valence-electron chi connectivity index (χ1n) is 6.95. The van der Waals surface area contributed by atoms with Crippen molar-refractivity contribution in [2.75, 3.05) is 0 Å². The van der Waals surface area contributed by atoms with Gasteiger partial charge in [-0.2, -0.15) is 0 Å². The van der Waals surface area contributed by atoms with Gasteiger partial charge in [-0.15, -0.1) is 0 Å². The van der Waals surface area contributed by atoms with Crippen molar-refractivity contribution < 1.29 is 4.74 Å². The van der Waals surface area contributed by atoms with Crippen molar-refractivity contribution in [2.24, 2.45) is 5.73 Å². The Kier molecular flexibility index (Phi) is 4.55. The normalized spacial score (nSPS) is 11.5. The lowest BCUT2D eigenvalue weighted by Crippen LogP contribution is -2.13. The highest BCUT2D eigenvalue weighted by molar-refractivity contribution is 6.31. The van der Waals surface area contributed by atoms with E-state index >= 15 is 0 Å². The second kappa shape index (κ2) is 6.04. The highest BCUT2D eigenvalue weighted by Gasteiger charge is 2.20. The van der Waals surface area contributed by atoms with Crippen LogP contribution in [0.5, 0.6) is 11.6 Å². The van der Waals surface area contributed by atoms with Gasteiger partial charge < -0.3 is 10.5 Å². The average molecular weight is 305 g/mol. The number of hydrogen-bond donors (Lipinski definition) is 1. The molecule has 0 saturated carbocycles. The summed E-state index contributed by atoms with van der Waals surface area (Å²) in [5, 5.41) is 0.560.